The number of nitrogens with one attached hydrogen (secondary N) is 1. The number of rotatable bonds is 6. The summed E-state index contributed by atoms with van der Waals surface area (Å²) in [6.07, 6.45) is 8.21. The number of urea groups is 1. The molecule has 2 aliphatic carbocycles. The van der Waals surface area contributed by atoms with Crippen molar-refractivity contribution in [2.75, 3.05) is 24.3 Å². The van der Waals surface area contributed by atoms with E-state index in [4.69, 9.17) is 15.7 Å². The van der Waals surface area contributed by atoms with E-state index in [-0.39, 0.29) is 18.1 Å². The van der Waals surface area contributed by atoms with E-state index in [1.165, 1.54) is 34.9 Å². The third kappa shape index (κ3) is 4.84. The van der Waals surface area contributed by atoms with Crippen LogP contribution in [-0.4, -0.2) is 47.1 Å². The van der Waals surface area contributed by atoms with Gasteiger partial charge >= 0.3 is 6.03 Å². The van der Waals surface area contributed by atoms with E-state index in [0.717, 1.165) is 55.9 Å². The zero-order valence-corrected chi connectivity index (χ0v) is 21.7. The zero-order chi connectivity index (χ0) is 25.2. The van der Waals surface area contributed by atoms with Crippen LogP contribution in [0.15, 0.2) is 42.5 Å². The molecule has 5 rings (SSSR count). The minimum absolute atomic E-state index is 0.0882. The Morgan fingerprint density at radius 2 is 1.72 bits per heavy atom. The van der Waals surface area contributed by atoms with E-state index >= 15 is 0 Å². The smallest absolute Gasteiger partial charge is 0.315 e. The van der Waals surface area contributed by atoms with Crippen LogP contribution in [0.1, 0.15) is 68.3 Å². The van der Waals surface area contributed by atoms with E-state index < -0.39 is 0 Å². The lowest BCUT2D eigenvalue weighted by atomic mass is 9.88. The van der Waals surface area contributed by atoms with Crippen LogP contribution in [0.3, 0.4) is 0 Å². The molecule has 2 aliphatic rings. The van der Waals surface area contributed by atoms with Crippen molar-refractivity contribution in [3.63, 3.8) is 0 Å². The minimum Gasteiger partial charge on any atom is -0.362 e. The first kappa shape index (κ1) is 24.3. The Labute approximate surface area is 214 Å². The molecule has 0 spiro atoms. The molecular weight excluding hydrogens is 448 g/mol. The van der Waals surface area contributed by atoms with Gasteiger partial charge in [-0.25, -0.2) is 9.78 Å². The fraction of sp³-hybridized carbons (Fsp3) is 0.483. The molecular formula is C29H38N6O. The summed E-state index contributed by atoms with van der Waals surface area (Å²) in [7, 11) is 4.11. The van der Waals surface area contributed by atoms with Crippen LogP contribution in [0.5, 0.6) is 0 Å². The molecule has 1 fully saturated rings. The number of hydrogen-bond acceptors (Lipinski definition) is 5. The minimum atomic E-state index is -0.347. The summed E-state index contributed by atoms with van der Waals surface area (Å²) >= 11 is 0. The van der Waals surface area contributed by atoms with Crippen LogP contribution in [0.25, 0.3) is 10.8 Å². The zero-order valence-electron chi connectivity index (χ0n) is 21.7. The maximum atomic E-state index is 12.7. The van der Waals surface area contributed by atoms with Gasteiger partial charge in [0.25, 0.3) is 0 Å². The first-order valence-corrected chi connectivity index (χ1v) is 13.3. The van der Waals surface area contributed by atoms with Gasteiger partial charge < -0.3 is 20.9 Å². The van der Waals surface area contributed by atoms with Gasteiger partial charge in [-0.05, 0) is 74.6 Å². The number of nitrogens with two attached hydrogens (primary N) is 1. The van der Waals surface area contributed by atoms with Crippen molar-refractivity contribution >= 4 is 28.6 Å². The van der Waals surface area contributed by atoms with E-state index in [2.05, 4.69) is 67.6 Å². The summed E-state index contributed by atoms with van der Waals surface area (Å²) in [5.41, 5.74) is 9.61. The average Bonchev–Trinajstić information content (AvgIpc) is 2.88. The van der Waals surface area contributed by atoms with Gasteiger partial charge in [0.05, 0.1) is 11.7 Å². The normalized spacial score (nSPS) is 20.4. The lowest BCUT2D eigenvalue weighted by Gasteiger charge is -2.40. The molecule has 0 saturated heterocycles. The third-order valence-corrected chi connectivity index (χ3v) is 7.95. The molecule has 36 heavy (non-hydrogen) atoms. The SMILES string of the molecule is CC(c1cccc2ccccc12)N(C(N)=O)[C@H]1CC[C@@H](Nc2nc3c(c(N(C)C)n2)CCCC3)CC1. The molecule has 3 aromatic rings. The van der Waals surface area contributed by atoms with Crippen molar-refractivity contribution in [2.45, 2.75) is 76.4 Å². The van der Waals surface area contributed by atoms with Gasteiger partial charge in [0, 0.05) is 31.7 Å². The predicted octanol–water partition coefficient (Wildman–Crippen LogP) is 5.44. The van der Waals surface area contributed by atoms with Crippen LogP contribution < -0.4 is 16.0 Å². The number of benzene rings is 2. The highest BCUT2D eigenvalue weighted by Gasteiger charge is 2.32. The molecule has 1 heterocycles. The fourth-order valence-corrected chi connectivity index (χ4v) is 6.14. The Morgan fingerprint density at radius 1 is 1.00 bits per heavy atom. The van der Waals surface area contributed by atoms with Crippen LogP contribution in [0, 0.1) is 0 Å². The molecule has 1 aromatic heterocycles. The van der Waals surface area contributed by atoms with Gasteiger partial charge in [-0.1, -0.05) is 42.5 Å². The molecule has 190 valence electrons. The van der Waals surface area contributed by atoms with Crippen LogP contribution in [0.4, 0.5) is 16.6 Å². The van der Waals surface area contributed by atoms with Gasteiger partial charge in [0.2, 0.25) is 5.95 Å². The second kappa shape index (κ2) is 10.3. The summed E-state index contributed by atoms with van der Waals surface area (Å²) in [5.74, 6) is 1.78. The highest BCUT2D eigenvalue weighted by molar-refractivity contribution is 5.86. The number of primary amides is 1. The number of nitrogens with zero attached hydrogens (tertiary/aromatic N) is 4. The lowest BCUT2D eigenvalue weighted by Crippen LogP contribution is -2.47. The van der Waals surface area contributed by atoms with Crippen LogP contribution in [0.2, 0.25) is 0 Å². The summed E-state index contributed by atoms with van der Waals surface area (Å²) < 4.78 is 0. The number of anilines is 2. The Kier molecular flexibility index (Phi) is 6.99. The number of aryl methyl sites for hydroxylation is 1. The van der Waals surface area contributed by atoms with E-state index in [1.54, 1.807) is 0 Å². The van der Waals surface area contributed by atoms with Crippen molar-refractivity contribution in [1.29, 1.82) is 0 Å². The third-order valence-electron chi connectivity index (χ3n) is 7.95. The van der Waals surface area contributed by atoms with Gasteiger partial charge in [-0.2, -0.15) is 4.98 Å². The van der Waals surface area contributed by atoms with Crippen LogP contribution in [-0.2, 0) is 12.8 Å². The Balaban J connectivity index is 1.29. The molecule has 1 atom stereocenters. The Hall–Kier alpha value is -3.35. The summed E-state index contributed by atoms with van der Waals surface area (Å²) in [6, 6.07) is 14.6. The van der Waals surface area contributed by atoms with Crippen LogP contribution >= 0.6 is 0 Å². The first-order valence-electron chi connectivity index (χ1n) is 13.3. The second-order valence-electron chi connectivity index (χ2n) is 10.5. The van der Waals surface area contributed by atoms with Crippen molar-refractivity contribution in [2.24, 2.45) is 5.73 Å². The molecule has 0 bridgehead atoms. The van der Waals surface area contributed by atoms with Gasteiger partial charge in [-0.15, -0.1) is 0 Å². The topological polar surface area (TPSA) is 87.4 Å². The Morgan fingerprint density at radius 3 is 2.47 bits per heavy atom. The van der Waals surface area contributed by atoms with Gasteiger partial charge in [-0.3, -0.25) is 0 Å². The largest absolute Gasteiger partial charge is 0.362 e. The van der Waals surface area contributed by atoms with Gasteiger partial charge in [0.15, 0.2) is 0 Å². The summed E-state index contributed by atoms with van der Waals surface area (Å²) in [6.45, 7) is 2.10. The Bertz CT molecular complexity index is 1230. The monoisotopic (exact) mass is 486 g/mol. The molecule has 2 amide bonds. The lowest BCUT2D eigenvalue weighted by molar-refractivity contribution is 0.134. The maximum absolute atomic E-state index is 12.7. The van der Waals surface area contributed by atoms with E-state index in [1.807, 2.05) is 11.0 Å². The maximum Gasteiger partial charge on any atom is 0.315 e. The summed E-state index contributed by atoms with van der Waals surface area (Å²) in [4.78, 5) is 26.4. The predicted molar refractivity (Wildman–Crippen MR) is 146 cm³/mol. The van der Waals surface area contributed by atoms with Crippen molar-refractivity contribution in [1.82, 2.24) is 14.9 Å². The molecule has 1 unspecified atom stereocenters. The van der Waals surface area contributed by atoms with Crippen molar-refractivity contribution in [3.8, 4) is 0 Å². The summed E-state index contributed by atoms with van der Waals surface area (Å²) in [5, 5.41) is 5.97. The highest BCUT2D eigenvalue weighted by atomic mass is 16.2. The molecule has 1 saturated carbocycles. The molecule has 3 N–H and O–H groups in total. The van der Waals surface area contributed by atoms with Crippen molar-refractivity contribution in [3.05, 3.63) is 59.3 Å². The number of carbonyl (C=O) groups excluding carboxylic acids is 1. The standard InChI is InChI=1S/C29H38N6O/c1-19(23-13-8-10-20-9-4-5-11-24(20)23)35(28(30)36)22-17-15-21(16-18-22)31-29-32-26-14-7-6-12-25(26)27(33-29)34(2)3/h4-5,8-11,13,19,21-22H,6-7,12,14-18H2,1-3H3,(H2,30,36)(H,31,32,33)/t19?,21-,22+. The van der Waals surface area contributed by atoms with Gasteiger partial charge in [0.1, 0.15) is 5.82 Å². The molecule has 7 heteroatoms. The first-order chi connectivity index (χ1) is 17.4. The fourth-order valence-electron chi connectivity index (χ4n) is 6.14. The number of fused-ring (bicyclic) bond motifs is 2. The van der Waals surface area contributed by atoms with E-state index in [0.29, 0.717) is 6.04 Å². The van der Waals surface area contributed by atoms with Crippen molar-refractivity contribution < 1.29 is 4.79 Å². The molecule has 2 aromatic carbocycles. The number of amides is 2. The van der Waals surface area contributed by atoms with E-state index in [9.17, 15) is 4.79 Å². The molecule has 0 radical (unpaired) electrons. The molecule has 0 aliphatic heterocycles. The molecule has 7 nitrogen and oxygen atoms in total. The second-order valence-corrected chi connectivity index (χ2v) is 10.5. The quantitative estimate of drug-likeness (QED) is 0.484. The number of aromatic nitrogens is 2. The highest BCUT2D eigenvalue weighted by Crippen LogP contribution is 2.34. The number of carbonyl (C=O) groups is 1. The number of hydrogen-bond donors (Lipinski definition) is 2. The average molecular weight is 487 g/mol.